The molecule has 0 saturated carbocycles. The van der Waals surface area contributed by atoms with Crippen molar-refractivity contribution >= 4 is 29.3 Å². The molecule has 1 atom stereocenters. The summed E-state index contributed by atoms with van der Waals surface area (Å²) in [6.07, 6.45) is -3.60. The number of halogens is 3. The smallest absolute Gasteiger partial charge is 0.346 e. The number of hydrogen-bond acceptors (Lipinski definition) is 5. The maximum Gasteiger partial charge on any atom is 0.433 e. The Morgan fingerprint density at radius 1 is 1.18 bits per heavy atom. The van der Waals surface area contributed by atoms with Crippen molar-refractivity contribution in [2.24, 2.45) is 0 Å². The van der Waals surface area contributed by atoms with E-state index in [1.54, 1.807) is 0 Å². The maximum absolute atomic E-state index is 12.7. The van der Waals surface area contributed by atoms with Gasteiger partial charge < -0.3 is 10.6 Å². The zero-order valence-corrected chi connectivity index (χ0v) is 16.2. The standard InChI is InChI=1S/C18H19F3N4O2S/c1-10-5-4-6-11(2)15(10)25-14(26)9-23-16(27)12(3)28-17-22-8-7-13(24-17)18(19,20)21/h4-8,12H,9H2,1-3H3,(H,23,27)(H,25,26)/t12-/m0/s1. The molecular weight excluding hydrogens is 393 g/mol. The predicted octanol–water partition coefficient (Wildman–Crippen LogP) is 3.35. The van der Waals surface area contributed by atoms with Gasteiger partial charge in [0.15, 0.2) is 5.16 Å². The number of benzene rings is 1. The normalized spacial score (nSPS) is 12.4. The van der Waals surface area contributed by atoms with E-state index in [-0.39, 0.29) is 11.7 Å². The van der Waals surface area contributed by atoms with Crippen LogP contribution in [0.4, 0.5) is 18.9 Å². The van der Waals surface area contributed by atoms with Gasteiger partial charge in [-0.15, -0.1) is 0 Å². The third kappa shape index (κ3) is 5.95. The third-order valence-electron chi connectivity index (χ3n) is 3.74. The first kappa shape index (κ1) is 21.7. The van der Waals surface area contributed by atoms with Crippen molar-refractivity contribution in [3.05, 3.63) is 47.3 Å². The van der Waals surface area contributed by atoms with E-state index >= 15 is 0 Å². The average molecular weight is 412 g/mol. The van der Waals surface area contributed by atoms with E-state index in [1.165, 1.54) is 6.92 Å². The Hall–Kier alpha value is -2.62. The molecule has 150 valence electrons. The molecule has 2 aromatic rings. The number of aromatic nitrogens is 2. The number of thioether (sulfide) groups is 1. The molecule has 0 aliphatic heterocycles. The summed E-state index contributed by atoms with van der Waals surface area (Å²) < 4.78 is 38.1. The van der Waals surface area contributed by atoms with Gasteiger partial charge in [0.05, 0.1) is 11.8 Å². The van der Waals surface area contributed by atoms with Gasteiger partial charge >= 0.3 is 6.18 Å². The summed E-state index contributed by atoms with van der Waals surface area (Å²) >= 11 is 0.777. The molecule has 1 aromatic carbocycles. The van der Waals surface area contributed by atoms with E-state index < -0.39 is 28.9 Å². The molecule has 10 heteroatoms. The lowest BCUT2D eigenvalue weighted by molar-refractivity contribution is -0.141. The minimum absolute atomic E-state index is 0.169. The zero-order chi connectivity index (χ0) is 20.9. The van der Waals surface area contributed by atoms with Crippen molar-refractivity contribution in [3.8, 4) is 0 Å². The van der Waals surface area contributed by atoms with E-state index in [1.807, 2.05) is 32.0 Å². The van der Waals surface area contributed by atoms with E-state index in [0.717, 1.165) is 35.2 Å². The first-order chi connectivity index (χ1) is 13.1. The highest BCUT2D eigenvalue weighted by Crippen LogP contribution is 2.29. The number of aryl methyl sites for hydroxylation is 2. The van der Waals surface area contributed by atoms with Gasteiger partial charge in [-0.2, -0.15) is 13.2 Å². The summed E-state index contributed by atoms with van der Waals surface area (Å²) in [5, 5.41) is 4.24. The number of nitrogens with zero attached hydrogens (tertiary/aromatic N) is 2. The molecule has 1 heterocycles. The van der Waals surface area contributed by atoms with Crippen LogP contribution in [0.5, 0.6) is 0 Å². The molecule has 0 unspecified atom stereocenters. The molecule has 0 aliphatic rings. The molecule has 2 amide bonds. The Morgan fingerprint density at radius 2 is 1.82 bits per heavy atom. The molecule has 0 spiro atoms. The van der Waals surface area contributed by atoms with Crippen molar-refractivity contribution in [2.75, 3.05) is 11.9 Å². The van der Waals surface area contributed by atoms with Crippen molar-refractivity contribution < 1.29 is 22.8 Å². The van der Waals surface area contributed by atoms with Crippen molar-refractivity contribution in [1.82, 2.24) is 15.3 Å². The molecule has 0 saturated heterocycles. The van der Waals surface area contributed by atoms with Crippen LogP contribution in [-0.2, 0) is 15.8 Å². The Bertz CT molecular complexity index is 854. The topological polar surface area (TPSA) is 84.0 Å². The number of hydrogen-bond donors (Lipinski definition) is 2. The highest BCUT2D eigenvalue weighted by atomic mass is 32.2. The van der Waals surface area contributed by atoms with Gasteiger partial charge in [-0.05, 0) is 38.0 Å². The summed E-state index contributed by atoms with van der Waals surface area (Å²) in [7, 11) is 0. The lowest BCUT2D eigenvalue weighted by atomic mass is 10.1. The SMILES string of the molecule is Cc1cccc(C)c1NC(=O)CNC(=O)[C@H](C)Sc1nccc(C(F)(F)F)n1. The fourth-order valence-corrected chi connectivity index (χ4v) is 3.05. The van der Waals surface area contributed by atoms with Crippen LogP contribution < -0.4 is 10.6 Å². The molecule has 6 nitrogen and oxygen atoms in total. The molecule has 2 rings (SSSR count). The summed E-state index contributed by atoms with van der Waals surface area (Å²) in [6, 6.07) is 6.34. The number of alkyl halides is 3. The number of para-hydroxylation sites is 1. The molecule has 0 fully saturated rings. The lowest BCUT2D eigenvalue weighted by Crippen LogP contribution is -2.37. The van der Waals surface area contributed by atoms with Gasteiger partial charge in [0.1, 0.15) is 5.69 Å². The Morgan fingerprint density at radius 3 is 2.43 bits per heavy atom. The van der Waals surface area contributed by atoms with Crippen LogP contribution in [0.3, 0.4) is 0 Å². The number of nitrogens with one attached hydrogen (secondary N) is 2. The summed E-state index contributed by atoms with van der Waals surface area (Å²) in [6.45, 7) is 4.94. The first-order valence-corrected chi connectivity index (χ1v) is 9.16. The van der Waals surface area contributed by atoms with E-state index in [0.29, 0.717) is 5.69 Å². The molecule has 1 aromatic heterocycles. The monoisotopic (exact) mass is 412 g/mol. The van der Waals surface area contributed by atoms with Gasteiger partial charge in [-0.1, -0.05) is 30.0 Å². The quantitative estimate of drug-likeness (QED) is 0.562. The molecular formula is C18H19F3N4O2S. The Kier molecular flexibility index (Phi) is 7.00. The van der Waals surface area contributed by atoms with Crippen LogP contribution in [0.15, 0.2) is 35.6 Å². The number of carbonyl (C=O) groups excluding carboxylic acids is 2. The van der Waals surface area contributed by atoms with Crippen molar-refractivity contribution in [2.45, 2.75) is 37.4 Å². The van der Waals surface area contributed by atoms with Gasteiger partial charge in [-0.25, -0.2) is 9.97 Å². The van der Waals surface area contributed by atoms with Crippen LogP contribution in [0.25, 0.3) is 0 Å². The third-order valence-corrected chi connectivity index (χ3v) is 4.72. The lowest BCUT2D eigenvalue weighted by Gasteiger charge is -2.14. The second-order valence-electron chi connectivity index (χ2n) is 6.02. The second-order valence-corrected chi connectivity index (χ2v) is 7.32. The van der Waals surface area contributed by atoms with Crippen molar-refractivity contribution in [1.29, 1.82) is 0 Å². The minimum atomic E-state index is -4.59. The fraction of sp³-hybridized carbons (Fsp3) is 0.333. The summed E-state index contributed by atoms with van der Waals surface area (Å²) in [5.41, 5.74) is 1.39. The van der Waals surface area contributed by atoms with Crippen LogP contribution in [0.1, 0.15) is 23.7 Å². The first-order valence-electron chi connectivity index (χ1n) is 8.28. The summed E-state index contributed by atoms with van der Waals surface area (Å²) in [4.78, 5) is 31.3. The Balaban J connectivity index is 1.90. The van der Waals surface area contributed by atoms with Crippen LogP contribution in [0, 0.1) is 13.8 Å². The Labute approximate surface area is 164 Å². The number of amides is 2. The molecule has 0 aliphatic carbocycles. The minimum Gasteiger partial charge on any atom is -0.346 e. The zero-order valence-electron chi connectivity index (χ0n) is 15.4. The molecule has 0 radical (unpaired) electrons. The highest BCUT2D eigenvalue weighted by Gasteiger charge is 2.33. The maximum atomic E-state index is 12.7. The van der Waals surface area contributed by atoms with Crippen LogP contribution in [-0.4, -0.2) is 33.6 Å². The van der Waals surface area contributed by atoms with E-state index in [9.17, 15) is 22.8 Å². The van der Waals surface area contributed by atoms with Gasteiger partial charge in [0, 0.05) is 11.9 Å². The molecule has 0 bridgehead atoms. The van der Waals surface area contributed by atoms with Gasteiger partial charge in [-0.3, -0.25) is 9.59 Å². The fourth-order valence-electron chi connectivity index (χ4n) is 2.27. The van der Waals surface area contributed by atoms with Crippen LogP contribution >= 0.6 is 11.8 Å². The number of carbonyl (C=O) groups is 2. The van der Waals surface area contributed by atoms with E-state index in [4.69, 9.17) is 0 Å². The number of rotatable bonds is 6. The number of anilines is 1. The second kappa shape index (κ2) is 9.05. The highest BCUT2D eigenvalue weighted by molar-refractivity contribution is 8.00. The molecule has 2 N–H and O–H groups in total. The van der Waals surface area contributed by atoms with Gasteiger partial charge in [0.2, 0.25) is 11.8 Å². The molecule has 28 heavy (non-hydrogen) atoms. The largest absolute Gasteiger partial charge is 0.433 e. The predicted molar refractivity (Wildman–Crippen MR) is 99.9 cm³/mol. The van der Waals surface area contributed by atoms with E-state index in [2.05, 4.69) is 20.6 Å². The van der Waals surface area contributed by atoms with Crippen molar-refractivity contribution in [3.63, 3.8) is 0 Å². The average Bonchev–Trinajstić information content (AvgIpc) is 2.62. The summed E-state index contributed by atoms with van der Waals surface area (Å²) in [5.74, 6) is -0.916. The van der Waals surface area contributed by atoms with Crippen LogP contribution in [0.2, 0.25) is 0 Å². The van der Waals surface area contributed by atoms with Gasteiger partial charge in [0.25, 0.3) is 0 Å².